The van der Waals surface area contributed by atoms with Crippen LogP contribution in [0, 0.1) is 19.8 Å². The summed E-state index contributed by atoms with van der Waals surface area (Å²) < 4.78 is 1.61. The Bertz CT molecular complexity index is 886. The molecule has 0 aromatic carbocycles. The van der Waals surface area contributed by atoms with Crippen molar-refractivity contribution in [2.75, 3.05) is 0 Å². The number of nitrogens with zero attached hydrogens (tertiary/aromatic N) is 3. The van der Waals surface area contributed by atoms with Crippen molar-refractivity contribution in [2.24, 2.45) is 5.92 Å². The van der Waals surface area contributed by atoms with Gasteiger partial charge in [0.1, 0.15) is 5.02 Å². The largest absolute Gasteiger partial charge is 0.343 e. The summed E-state index contributed by atoms with van der Waals surface area (Å²) in [5, 5.41) is 9.70. The molecule has 24 heavy (non-hydrogen) atoms. The van der Waals surface area contributed by atoms with E-state index in [-0.39, 0.29) is 28.6 Å². The number of nitrogens with one attached hydrogen (secondary N) is 1. The average Bonchev–Trinajstić information content (AvgIpc) is 3.13. The first-order chi connectivity index (χ1) is 11.4. The molecular formula is C17H19ClN4OS. The number of amides is 1. The third-order valence-corrected chi connectivity index (χ3v) is 5.16. The van der Waals surface area contributed by atoms with Crippen LogP contribution in [0.25, 0.3) is 5.65 Å². The summed E-state index contributed by atoms with van der Waals surface area (Å²) in [7, 11) is 0. The Labute approximate surface area is 149 Å². The Morgan fingerprint density at radius 3 is 2.75 bits per heavy atom. The standard InChI is InChI=1S/C17H19ClN4OS/c1-9(2)14(12-6-5-7-24-12)20-17(23)15-13(18)16-19-10(3)8-11(4)22(16)21-15/h5-9,14H,1-4H3,(H,20,23)/t14-/m1/s1. The maximum Gasteiger partial charge on any atom is 0.273 e. The highest BCUT2D eigenvalue weighted by Gasteiger charge is 2.25. The van der Waals surface area contributed by atoms with Crippen molar-refractivity contribution in [3.05, 3.63) is 50.6 Å². The van der Waals surface area contributed by atoms with Crippen LogP contribution in [0.15, 0.2) is 23.6 Å². The molecule has 0 spiro atoms. The number of carbonyl (C=O) groups is 1. The monoisotopic (exact) mass is 362 g/mol. The van der Waals surface area contributed by atoms with Crippen molar-refractivity contribution in [1.82, 2.24) is 19.9 Å². The molecule has 0 aliphatic carbocycles. The summed E-state index contributed by atoms with van der Waals surface area (Å²) in [6, 6.07) is 5.83. The summed E-state index contributed by atoms with van der Waals surface area (Å²) >= 11 is 8.00. The zero-order valence-corrected chi connectivity index (χ0v) is 15.6. The van der Waals surface area contributed by atoms with Gasteiger partial charge < -0.3 is 5.32 Å². The van der Waals surface area contributed by atoms with Gasteiger partial charge in [0.05, 0.1) is 6.04 Å². The third kappa shape index (κ3) is 3.03. The van der Waals surface area contributed by atoms with Crippen LogP contribution in [0.5, 0.6) is 0 Å². The number of aryl methyl sites for hydroxylation is 2. The highest BCUT2D eigenvalue weighted by Crippen LogP contribution is 2.27. The number of hydrogen-bond donors (Lipinski definition) is 1. The number of aromatic nitrogens is 3. The summed E-state index contributed by atoms with van der Waals surface area (Å²) in [5.74, 6) is -0.0276. The van der Waals surface area contributed by atoms with Gasteiger partial charge >= 0.3 is 0 Å². The summed E-state index contributed by atoms with van der Waals surface area (Å²) in [4.78, 5) is 18.3. The van der Waals surface area contributed by atoms with E-state index in [0.29, 0.717) is 5.65 Å². The van der Waals surface area contributed by atoms with E-state index in [2.05, 4.69) is 29.2 Å². The Kier molecular flexibility index (Phi) is 4.60. The van der Waals surface area contributed by atoms with Crippen molar-refractivity contribution < 1.29 is 4.79 Å². The van der Waals surface area contributed by atoms with Crippen LogP contribution in [0.1, 0.15) is 46.6 Å². The normalized spacial score (nSPS) is 12.8. The second-order valence-electron chi connectivity index (χ2n) is 6.15. The minimum Gasteiger partial charge on any atom is -0.343 e. The number of carbonyl (C=O) groups excluding carboxylic acids is 1. The second-order valence-corrected chi connectivity index (χ2v) is 7.50. The molecule has 0 saturated heterocycles. The molecule has 0 unspecified atom stereocenters. The van der Waals surface area contributed by atoms with Gasteiger partial charge in [-0.3, -0.25) is 4.79 Å². The molecule has 0 fully saturated rings. The lowest BCUT2D eigenvalue weighted by atomic mass is 10.0. The number of thiophene rings is 1. The Balaban J connectivity index is 1.97. The molecule has 5 nitrogen and oxygen atoms in total. The van der Waals surface area contributed by atoms with Gasteiger partial charge in [0.15, 0.2) is 11.3 Å². The first kappa shape index (κ1) is 16.9. The van der Waals surface area contributed by atoms with Crippen molar-refractivity contribution in [3.8, 4) is 0 Å². The first-order valence-electron chi connectivity index (χ1n) is 7.75. The van der Waals surface area contributed by atoms with Gasteiger partial charge in [0.2, 0.25) is 0 Å². The topological polar surface area (TPSA) is 59.3 Å². The lowest BCUT2D eigenvalue weighted by Gasteiger charge is -2.20. The van der Waals surface area contributed by atoms with Gasteiger partial charge in [-0.2, -0.15) is 5.10 Å². The van der Waals surface area contributed by atoms with Crippen molar-refractivity contribution >= 4 is 34.5 Å². The SMILES string of the molecule is Cc1cc(C)n2nc(C(=O)N[C@@H](c3cccs3)C(C)C)c(Cl)c2n1. The van der Waals surface area contributed by atoms with E-state index in [1.807, 2.05) is 37.4 Å². The molecule has 0 radical (unpaired) electrons. The molecule has 1 N–H and O–H groups in total. The smallest absolute Gasteiger partial charge is 0.273 e. The Morgan fingerprint density at radius 1 is 1.38 bits per heavy atom. The number of hydrogen-bond acceptors (Lipinski definition) is 4. The highest BCUT2D eigenvalue weighted by atomic mass is 35.5. The van der Waals surface area contributed by atoms with E-state index < -0.39 is 0 Å². The second kappa shape index (κ2) is 6.53. The quantitative estimate of drug-likeness (QED) is 0.757. The molecule has 126 valence electrons. The molecule has 0 bridgehead atoms. The number of halogens is 1. The van der Waals surface area contributed by atoms with Gasteiger partial charge in [-0.15, -0.1) is 11.3 Å². The average molecular weight is 363 g/mol. The lowest BCUT2D eigenvalue weighted by Crippen LogP contribution is -2.31. The maximum absolute atomic E-state index is 12.7. The lowest BCUT2D eigenvalue weighted by molar-refractivity contribution is 0.0921. The van der Waals surface area contributed by atoms with Crippen LogP contribution < -0.4 is 5.32 Å². The van der Waals surface area contributed by atoms with Crippen LogP contribution >= 0.6 is 22.9 Å². The predicted molar refractivity (Wildman–Crippen MR) is 96.8 cm³/mol. The Hall–Kier alpha value is -1.92. The molecule has 3 aromatic heterocycles. The fraction of sp³-hybridized carbons (Fsp3) is 0.353. The molecule has 1 amide bonds. The number of fused-ring (bicyclic) bond motifs is 1. The predicted octanol–water partition coefficient (Wildman–Crippen LogP) is 4.19. The van der Waals surface area contributed by atoms with Crippen LogP contribution in [-0.4, -0.2) is 20.5 Å². The zero-order chi connectivity index (χ0) is 17.4. The van der Waals surface area contributed by atoms with E-state index in [1.165, 1.54) is 0 Å². The van der Waals surface area contributed by atoms with Gasteiger partial charge in [-0.1, -0.05) is 31.5 Å². The van der Waals surface area contributed by atoms with Gasteiger partial charge in [-0.25, -0.2) is 9.50 Å². The van der Waals surface area contributed by atoms with E-state index >= 15 is 0 Å². The van der Waals surface area contributed by atoms with Crippen LogP contribution in [0.3, 0.4) is 0 Å². The van der Waals surface area contributed by atoms with E-state index in [0.717, 1.165) is 16.3 Å². The molecule has 0 aliphatic heterocycles. The van der Waals surface area contributed by atoms with Crippen molar-refractivity contribution in [1.29, 1.82) is 0 Å². The van der Waals surface area contributed by atoms with Gasteiger partial charge in [-0.05, 0) is 37.3 Å². The fourth-order valence-corrected chi connectivity index (χ4v) is 3.88. The van der Waals surface area contributed by atoms with Crippen molar-refractivity contribution in [2.45, 2.75) is 33.7 Å². The molecule has 3 heterocycles. The first-order valence-corrected chi connectivity index (χ1v) is 9.01. The van der Waals surface area contributed by atoms with E-state index in [4.69, 9.17) is 11.6 Å². The molecule has 7 heteroatoms. The molecule has 0 saturated carbocycles. The minimum absolute atomic E-state index is 0.0748. The van der Waals surface area contributed by atoms with Gasteiger partial charge in [0, 0.05) is 16.3 Å². The molecular weight excluding hydrogens is 344 g/mol. The van der Waals surface area contributed by atoms with Crippen LogP contribution in [-0.2, 0) is 0 Å². The van der Waals surface area contributed by atoms with E-state index in [1.54, 1.807) is 15.9 Å². The van der Waals surface area contributed by atoms with Crippen LogP contribution in [0.2, 0.25) is 5.02 Å². The highest BCUT2D eigenvalue weighted by molar-refractivity contribution is 7.10. The van der Waals surface area contributed by atoms with Gasteiger partial charge in [0.25, 0.3) is 5.91 Å². The molecule has 1 atom stereocenters. The minimum atomic E-state index is -0.283. The molecule has 3 aromatic rings. The fourth-order valence-electron chi connectivity index (χ4n) is 2.68. The molecule has 3 rings (SSSR count). The molecule has 0 aliphatic rings. The third-order valence-electron chi connectivity index (χ3n) is 3.86. The zero-order valence-electron chi connectivity index (χ0n) is 14.0. The van der Waals surface area contributed by atoms with Crippen molar-refractivity contribution in [3.63, 3.8) is 0 Å². The maximum atomic E-state index is 12.7. The summed E-state index contributed by atoms with van der Waals surface area (Å²) in [5.41, 5.74) is 2.45. The summed E-state index contributed by atoms with van der Waals surface area (Å²) in [6.07, 6.45) is 0. The number of rotatable bonds is 4. The van der Waals surface area contributed by atoms with Crippen LogP contribution in [0.4, 0.5) is 0 Å². The summed E-state index contributed by atoms with van der Waals surface area (Å²) in [6.45, 7) is 7.95. The van der Waals surface area contributed by atoms with E-state index in [9.17, 15) is 4.79 Å². The Morgan fingerprint density at radius 2 is 2.12 bits per heavy atom.